The van der Waals surface area contributed by atoms with Gasteiger partial charge in [-0.25, -0.2) is 9.37 Å². The highest BCUT2D eigenvalue weighted by molar-refractivity contribution is 6.17. The second kappa shape index (κ2) is 5.37. The molecule has 3 rings (SSSR count). The van der Waals surface area contributed by atoms with Gasteiger partial charge in [-0.1, -0.05) is 0 Å². The van der Waals surface area contributed by atoms with Gasteiger partial charge in [-0.15, -0.1) is 11.6 Å². The van der Waals surface area contributed by atoms with Crippen LogP contribution in [-0.4, -0.2) is 28.4 Å². The Morgan fingerprint density at radius 1 is 1.42 bits per heavy atom. The van der Waals surface area contributed by atoms with Gasteiger partial charge in [0.25, 0.3) is 0 Å². The van der Waals surface area contributed by atoms with E-state index in [-0.39, 0.29) is 5.82 Å². The molecule has 1 aromatic heterocycles. The van der Waals surface area contributed by atoms with Gasteiger partial charge < -0.3 is 9.88 Å². The fraction of sp³-hybridized carbons (Fsp3) is 0.500. The molecule has 0 spiro atoms. The molecule has 1 aliphatic carbocycles. The topological polar surface area (TPSA) is 31.9 Å². The summed E-state index contributed by atoms with van der Waals surface area (Å²) in [5, 5.41) is 0. The maximum atomic E-state index is 13.2. The lowest BCUT2D eigenvalue weighted by Gasteiger charge is -2.37. The van der Waals surface area contributed by atoms with Gasteiger partial charge in [0.1, 0.15) is 5.82 Å². The zero-order valence-corrected chi connectivity index (χ0v) is 11.5. The lowest BCUT2D eigenvalue weighted by atomic mass is 9.91. The molecule has 5 heteroatoms. The number of imidazole rings is 1. The van der Waals surface area contributed by atoms with E-state index in [0.717, 1.165) is 29.9 Å². The van der Waals surface area contributed by atoms with Crippen molar-refractivity contribution >= 4 is 28.6 Å². The van der Waals surface area contributed by atoms with Crippen LogP contribution in [0.15, 0.2) is 18.2 Å². The number of H-pyrrole nitrogens is 1. The smallest absolute Gasteiger partial charge is 0.204 e. The molecule has 0 radical (unpaired) electrons. The monoisotopic (exact) mass is 281 g/mol. The minimum atomic E-state index is -0.237. The van der Waals surface area contributed by atoms with Crippen LogP contribution in [0.4, 0.5) is 10.3 Å². The van der Waals surface area contributed by atoms with Crippen LogP contribution in [0, 0.1) is 5.82 Å². The Kier molecular flexibility index (Phi) is 3.60. The Balaban J connectivity index is 1.89. The third-order valence-corrected chi connectivity index (χ3v) is 4.02. The molecule has 0 bridgehead atoms. The summed E-state index contributed by atoms with van der Waals surface area (Å²) in [7, 11) is 0. The first kappa shape index (κ1) is 12.7. The standard InChI is InChI=1S/C14H17ClFN3/c15-7-2-8-19(11-3-1-4-11)14-17-12-6-5-10(16)9-13(12)18-14/h5-6,9,11H,1-4,7-8H2,(H,17,18). The largest absolute Gasteiger partial charge is 0.339 e. The van der Waals surface area contributed by atoms with Crippen molar-refractivity contribution in [2.24, 2.45) is 0 Å². The first-order valence-corrected chi connectivity index (χ1v) is 7.29. The number of alkyl halides is 1. The summed E-state index contributed by atoms with van der Waals surface area (Å²) < 4.78 is 13.2. The normalized spacial score (nSPS) is 15.7. The van der Waals surface area contributed by atoms with Crippen molar-refractivity contribution in [1.29, 1.82) is 0 Å². The van der Waals surface area contributed by atoms with Gasteiger partial charge in [0.15, 0.2) is 0 Å². The summed E-state index contributed by atoms with van der Waals surface area (Å²) in [5.74, 6) is 1.26. The van der Waals surface area contributed by atoms with Crippen LogP contribution >= 0.6 is 11.6 Å². The molecule has 0 aliphatic heterocycles. The molecule has 1 heterocycles. The van der Waals surface area contributed by atoms with Gasteiger partial charge in [-0.3, -0.25) is 0 Å². The molecule has 2 aromatic rings. The van der Waals surface area contributed by atoms with Crippen molar-refractivity contribution < 1.29 is 4.39 Å². The Hall–Kier alpha value is -1.29. The maximum Gasteiger partial charge on any atom is 0.204 e. The summed E-state index contributed by atoms with van der Waals surface area (Å²) in [5.41, 5.74) is 1.57. The zero-order chi connectivity index (χ0) is 13.2. The van der Waals surface area contributed by atoms with Crippen LogP contribution in [0.25, 0.3) is 11.0 Å². The molecule has 102 valence electrons. The van der Waals surface area contributed by atoms with Gasteiger partial charge >= 0.3 is 0 Å². The number of anilines is 1. The number of nitrogens with one attached hydrogen (secondary N) is 1. The second-order valence-corrected chi connectivity index (χ2v) is 5.42. The van der Waals surface area contributed by atoms with E-state index < -0.39 is 0 Å². The number of benzene rings is 1. The van der Waals surface area contributed by atoms with E-state index in [1.54, 1.807) is 6.07 Å². The number of aromatic nitrogens is 2. The third kappa shape index (κ3) is 2.54. The predicted molar refractivity (Wildman–Crippen MR) is 76.4 cm³/mol. The van der Waals surface area contributed by atoms with Gasteiger partial charge in [-0.05, 0) is 43.9 Å². The van der Waals surface area contributed by atoms with E-state index in [9.17, 15) is 4.39 Å². The Morgan fingerprint density at radius 3 is 2.95 bits per heavy atom. The van der Waals surface area contributed by atoms with Gasteiger partial charge in [0, 0.05) is 18.5 Å². The minimum absolute atomic E-state index is 0.237. The predicted octanol–water partition coefficient (Wildman–Crippen LogP) is 3.69. The number of halogens is 2. The summed E-state index contributed by atoms with van der Waals surface area (Å²) in [6.45, 7) is 0.899. The van der Waals surface area contributed by atoms with Crippen molar-refractivity contribution in [3.63, 3.8) is 0 Å². The van der Waals surface area contributed by atoms with Crippen molar-refractivity contribution in [2.75, 3.05) is 17.3 Å². The van der Waals surface area contributed by atoms with Crippen LogP contribution in [-0.2, 0) is 0 Å². The highest BCUT2D eigenvalue weighted by Gasteiger charge is 2.26. The van der Waals surface area contributed by atoms with Gasteiger partial charge in [0.05, 0.1) is 11.0 Å². The minimum Gasteiger partial charge on any atom is -0.339 e. The molecule has 0 atom stereocenters. The molecule has 0 amide bonds. The summed E-state index contributed by atoms with van der Waals surface area (Å²) in [6.07, 6.45) is 4.61. The summed E-state index contributed by atoms with van der Waals surface area (Å²) in [4.78, 5) is 10.1. The highest BCUT2D eigenvalue weighted by atomic mass is 35.5. The molecular weight excluding hydrogens is 265 g/mol. The van der Waals surface area contributed by atoms with E-state index in [0.29, 0.717) is 11.9 Å². The van der Waals surface area contributed by atoms with Gasteiger partial charge in [-0.2, -0.15) is 0 Å². The van der Waals surface area contributed by atoms with Crippen LogP contribution < -0.4 is 4.90 Å². The Labute approximate surface area is 116 Å². The fourth-order valence-electron chi connectivity index (χ4n) is 2.49. The number of rotatable bonds is 5. The van der Waals surface area contributed by atoms with E-state index in [1.165, 1.54) is 31.4 Å². The Morgan fingerprint density at radius 2 is 2.26 bits per heavy atom. The summed E-state index contributed by atoms with van der Waals surface area (Å²) in [6, 6.07) is 5.20. The van der Waals surface area contributed by atoms with Crippen molar-refractivity contribution in [3.8, 4) is 0 Å². The molecule has 1 saturated carbocycles. The second-order valence-electron chi connectivity index (χ2n) is 5.04. The van der Waals surface area contributed by atoms with Crippen molar-refractivity contribution in [3.05, 3.63) is 24.0 Å². The fourth-order valence-corrected chi connectivity index (χ4v) is 2.61. The lowest BCUT2D eigenvalue weighted by Crippen LogP contribution is -2.41. The lowest BCUT2D eigenvalue weighted by molar-refractivity contribution is 0.382. The quantitative estimate of drug-likeness (QED) is 0.848. The maximum absolute atomic E-state index is 13.2. The molecule has 0 unspecified atom stereocenters. The van der Waals surface area contributed by atoms with E-state index in [2.05, 4.69) is 14.9 Å². The average molecular weight is 282 g/mol. The number of fused-ring (bicyclic) bond motifs is 1. The zero-order valence-electron chi connectivity index (χ0n) is 10.7. The molecule has 3 nitrogen and oxygen atoms in total. The average Bonchev–Trinajstić information content (AvgIpc) is 2.74. The van der Waals surface area contributed by atoms with E-state index in [1.807, 2.05) is 0 Å². The highest BCUT2D eigenvalue weighted by Crippen LogP contribution is 2.29. The van der Waals surface area contributed by atoms with Crippen LogP contribution in [0.3, 0.4) is 0 Å². The molecule has 19 heavy (non-hydrogen) atoms. The molecule has 1 aromatic carbocycles. The molecular formula is C14H17ClFN3. The Bertz CT molecular complexity index is 565. The van der Waals surface area contributed by atoms with E-state index >= 15 is 0 Å². The van der Waals surface area contributed by atoms with Crippen molar-refractivity contribution in [2.45, 2.75) is 31.7 Å². The first-order chi connectivity index (χ1) is 9.28. The SMILES string of the molecule is Fc1ccc2nc(N(CCCCl)C3CCC3)[nH]c2c1. The van der Waals surface area contributed by atoms with Crippen LogP contribution in [0.2, 0.25) is 0 Å². The molecule has 1 aliphatic rings. The summed E-state index contributed by atoms with van der Waals surface area (Å²) >= 11 is 5.79. The van der Waals surface area contributed by atoms with E-state index in [4.69, 9.17) is 11.6 Å². The first-order valence-electron chi connectivity index (χ1n) is 6.76. The van der Waals surface area contributed by atoms with Gasteiger partial charge in [0.2, 0.25) is 5.95 Å². The molecule has 1 fully saturated rings. The number of aromatic amines is 1. The number of hydrogen-bond donors (Lipinski definition) is 1. The van der Waals surface area contributed by atoms with Crippen LogP contribution in [0.1, 0.15) is 25.7 Å². The number of hydrogen-bond acceptors (Lipinski definition) is 2. The van der Waals surface area contributed by atoms with Crippen LogP contribution in [0.5, 0.6) is 0 Å². The molecule has 0 saturated heterocycles. The van der Waals surface area contributed by atoms with Crippen molar-refractivity contribution in [1.82, 2.24) is 9.97 Å². The molecule has 1 N–H and O–H groups in total. The third-order valence-electron chi connectivity index (χ3n) is 3.75. The number of nitrogens with zero attached hydrogens (tertiary/aromatic N) is 2.